The number of aromatic nitrogens is 1. The quantitative estimate of drug-likeness (QED) is 0.927. The fourth-order valence-corrected chi connectivity index (χ4v) is 1.92. The third kappa shape index (κ3) is 2.95. The summed E-state index contributed by atoms with van der Waals surface area (Å²) in [4.78, 5) is 15.8. The molecule has 0 saturated carbocycles. The van der Waals surface area contributed by atoms with Gasteiger partial charge in [-0.1, -0.05) is 11.6 Å². The molecule has 0 radical (unpaired) electrons. The molecule has 1 N–H and O–H groups in total. The van der Waals surface area contributed by atoms with Crippen LogP contribution in [0, 0.1) is 0 Å². The molecule has 0 amide bonds. The lowest BCUT2D eigenvalue weighted by atomic mass is 10.2. The second-order valence-corrected chi connectivity index (χ2v) is 4.61. The Morgan fingerprint density at radius 2 is 2.35 bits per heavy atom. The second kappa shape index (κ2) is 5.16. The van der Waals surface area contributed by atoms with E-state index < -0.39 is 5.97 Å². The normalized spacial score (nSPS) is 10.2. The number of ether oxygens (including phenoxy) is 1. The van der Waals surface area contributed by atoms with E-state index >= 15 is 0 Å². The fraction of sp³-hybridized carbons (Fsp3) is 0.0909. The Morgan fingerprint density at radius 1 is 1.53 bits per heavy atom. The largest absolute Gasteiger partial charge is 0.487 e. The van der Waals surface area contributed by atoms with Crippen molar-refractivity contribution in [2.75, 3.05) is 0 Å². The van der Waals surface area contributed by atoms with Crippen LogP contribution in [0.3, 0.4) is 0 Å². The first-order chi connectivity index (χ1) is 8.16. The predicted octanol–water partition coefficient (Wildman–Crippen LogP) is 3.07. The summed E-state index contributed by atoms with van der Waals surface area (Å²) in [6.07, 6.45) is 1.68. The van der Waals surface area contributed by atoms with E-state index in [9.17, 15) is 4.79 Å². The van der Waals surface area contributed by atoms with Crippen molar-refractivity contribution in [1.82, 2.24) is 4.98 Å². The summed E-state index contributed by atoms with van der Waals surface area (Å²) in [7, 11) is 0. The molecule has 1 aromatic carbocycles. The Morgan fingerprint density at radius 3 is 3.00 bits per heavy atom. The number of carboxylic acids is 1. The lowest BCUT2D eigenvalue weighted by Gasteiger charge is -2.08. The molecule has 0 spiro atoms. The molecule has 0 unspecified atom stereocenters. The van der Waals surface area contributed by atoms with Gasteiger partial charge in [0.1, 0.15) is 17.9 Å². The number of aromatic carboxylic acids is 1. The molecule has 0 aliphatic carbocycles. The molecule has 88 valence electrons. The molecule has 0 aliphatic rings. The highest BCUT2D eigenvalue weighted by atomic mass is 35.5. The van der Waals surface area contributed by atoms with Gasteiger partial charge in [0, 0.05) is 11.2 Å². The lowest BCUT2D eigenvalue weighted by Crippen LogP contribution is -2.02. The van der Waals surface area contributed by atoms with Gasteiger partial charge in [0.25, 0.3) is 0 Å². The number of benzene rings is 1. The van der Waals surface area contributed by atoms with Crippen LogP contribution in [0.1, 0.15) is 15.2 Å². The van der Waals surface area contributed by atoms with Gasteiger partial charge in [-0.25, -0.2) is 4.79 Å². The maximum absolute atomic E-state index is 11.0. The van der Waals surface area contributed by atoms with Crippen LogP contribution in [-0.4, -0.2) is 16.1 Å². The van der Waals surface area contributed by atoms with Crippen LogP contribution < -0.4 is 4.74 Å². The molecule has 1 aromatic heterocycles. The number of carbonyl (C=O) groups is 1. The summed E-state index contributed by atoms with van der Waals surface area (Å²) in [5, 5.41) is 9.42. The molecule has 0 bridgehead atoms. The Kier molecular flexibility index (Phi) is 3.61. The van der Waals surface area contributed by atoms with E-state index in [4.69, 9.17) is 21.4 Å². The molecule has 1 heterocycles. The molecule has 0 atom stereocenters. The minimum atomic E-state index is -1.04. The van der Waals surface area contributed by atoms with Gasteiger partial charge in [-0.3, -0.25) is 4.98 Å². The lowest BCUT2D eigenvalue weighted by molar-refractivity contribution is 0.0692. The zero-order chi connectivity index (χ0) is 12.3. The Balaban J connectivity index is 2.19. The maximum atomic E-state index is 11.0. The van der Waals surface area contributed by atoms with Crippen molar-refractivity contribution in [2.24, 2.45) is 0 Å². The van der Waals surface area contributed by atoms with Gasteiger partial charge in [0.15, 0.2) is 0 Å². The second-order valence-electron chi connectivity index (χ2n) is 3.20. The van der Waals surface area contributed by atoms with Crippen LogP contribution in [-0.2, 0) is 6.61 Å². The number of halogens is 1. The summed E-state index contributed by atoms with van der Waals surface area (Å²) < 4.78 is 5.43. The van der Waals surface area contributed by atoms with E-state index in [0.717, 1.165) is 4.88 Å². The van der Waals surface area contributed by atoms with Crippen molar-refractivity contribution in [3.63, 3.8) is 0 Å². The van der Waals surface area contributed by atoms with E-state index in [-0.39, 0.29) is 17.9 Å². The summed E-state index contributed by atoms with van der Waals surface area (Å²) in [6.45, 7) is 0.283. The van der Waals surface area contributed by atoms with Crippen LogP contribution in [0.2, 0.25) is 5.02 Å². The third-order valence-electron chi connectivity index (χ3n) is 2.03. The molecule has 2 aromatic rings. The average Bonchev–Trinajstić information content (AvgIpc) is 2.78. The first kappa shape index (κ1) is 11.9. The third-order valence-corrected chi connectivity index (χ3v) is 3.02. The number of rotatable bonds is 4. The number of carboxylic acid groups (broad SMARTS) is 1. The van der Waals surface area contributed by atoms with E-state index in [0.29, 0.717) is 5.02 Å². The number of hydrogen-bond acceptors (Lipinski definition) is 4. The van der Waals surface area contributed by atoms with Gasteiger partial charge in [-0.15, -0.1) is 11.3 Å². The standard InChI is InChI=1S/C11H8ClNO3S/c12-7-1-2-9(11(14)15)10(3-7)16-5-8-4-13-6-17-8/h1-4,6H,5H2,(H,14,15). The fourth-order valence-electron chi connectivity index (χ4n) is 1.25. The highest BCUT2D eigenvalue weighted by molar-refractivity contribution is 7.09. The Labute approximate surface area is 106 Å². The highest BCUT2D eigenvalue weighted by Gasteiger charge is 2.12. The number of nitrogens with zero attached hydrogens (tertiary/aromatic N) is 1. The first-order valence-corrected chi connectivity index (χ1v) is 5.95. The Hall–Kier alpha value is -1.59. The van der Waals surface area contributed by atoms with Crippen molar-refractivity contribution in [1.29, 1.82) is 0 Å². The zero-order valence-electron chi connectivity index (χ0n) is 8.59. The maximum Gasteiger partial charge on any atom is 0.339 e. The van der Waals surface area contributed by atoms with Gasteiger partial charge in [-0.05, 0) is 18.2 Å². The summed E-state index contributed by atoms with van der Waals surface area (Å²) >= 11 is 7.24. The van der Waals surface area contributed by atoms with Crippen molar-refractivity contribution >= 4 is 28.9 Å². The van der Waals surface area contributed by atoms with E-state index in [1.807, 2.05) is 0 Å². The van der Waals surface area contributed by atoms with Gasteiger partial charge < -0.3 is 9.84 Å². The molecule has 0 saturated heterocycles. The smallest absolute Gasteiger partial charge is 0.339 e. The molecule has 17 heavy (non-hydrogen) atoms. The van der Waals surface area contributed by atoms with Gasteiger partial charge in [0.05, 0.1) is 10.4 Å². The van der Waals surface area contributed by atoms with Crippen LogP contribution in [0.15, 0.2) is 29.9 Å². The van der Waals surface area contributed by atoms with Crippen molar-refractivity contribution in [3.05, 3.63) is 45.4 Å². The van der Waals surface area contributed by atoms with Crippen molar-refractivity contribution in [2.45, 2.75) is 6.61 Å². The number of hydrogen-bond donors (Lipinski definition) is 1. The average molecular weight is 270 g/mol. The van der Waals surface area contributed by atoms with Crippen LogP contribution in [0.4, 0.5) is 0 Å². The van der Waals surface area contributed by atoms with Crippen molar-refractivity contribution in [3.8, 4) is 5.75 Å². The van der Waals surface area contributed by atoms with Crippen LogP contribution >= 0.6 is 22.9 Å². The molecular weight excluding hydrogens is 262 g/mol. The molecule has 0 fully saturated rings. The van der Waals surface area contributed by atoms with Gasteiger partial charge >= 0.3 is 5.97 Å². The SMILES string of the molecule is O=C(O)c1ccc(Cl)cc1OCc1cncs1. The van der Waals surface area contributed by atoms with E-state index in [1.165, 1.54) is 29.5 Å². The van der Waals surface area contributed by atoms with Gasteiger partial charge in [0.2, 0.25) is 0 Å². The molecule has 4 nitrogen and oxygen atoms in total. The minimum Gasteiger partial charge on any atom is -0.487 e. The number of thiazole rings is 1. The zero-order valence-corrected chi connectivity index (χ0v) is 10.2. The summed E-state index contributed by atoms with van der Waals surface area (Å²) in [5.74, 6) is -0.778. The highest BCUT2D eigenvalue weighted by Crippen LogP contribution is 2.24. The van der Waals surface area contributed by atoms with E-state index in [2.05, 4.69) is 4.98 Å². The van der Waals surface area contributed by atoms with Gasteiger partial charge in [-0.2, -0.15) is 0 Å². The monoisotopic (exact) mass is 269 g/mol. The molecule has 6 heteroatoms. The molecule has 2 rings (SSSR count). The molecule has 0 aliphatic heterocycles. The topological polar surface area (TPSA) is 59.4 Å². The predicted molar refractivity (Wildman–Crippen MR) is 64.9 cm³/mol. The summed E-state index contributed by atoms with van der Waals surface area (Å²) in [5.41, 5.74) is 1.79. The minimum absolute atomic E-state index is 0.0962. The first-order valence-electron chi connectivity index (χ1n) is 4.70. The Bertz CT molecular complexity index is 528. The van der Waals surface area contributed by atoms with Crippen LogP contribution in [0.5, 0.6) is 5.75 Å². The summed E-state index contributed by atoms with van der Waals surface area (Å²) in [6, 6.07) is 4.43. The van der Waals surface area contributed by atoms with Crippen molar-refractivity contribution < 1.29 is 14.6 Å². The van der Waals surface area contributed by atoms with E-state index in [1.54, 1.807) is 11.7 Å². The van der Waals surface area contributed by atoms with Crippen LogP contribution in [0.25, 0.3) is 0 Å². The molecular formula is C11H8ClNO3S.